The molecule has 3 heterocycles. The number of hydrogen-bond donors (Lipinski definition) is 1. The van der Waals surface area contributed by atoms with Crippen molar-refractivity contribution in [3.63, 3.8) is 0 Å². The second-order valence-corrected chi connectivity index (χ2v) is 5.40. The molecule has 1 aliphatic rings. The first-order valence-corrected chi connectivity index (χ1v) is 6.95. The lowest BCUT2D eigenvalue weighted by Crippen LogP contribution is -2.46. The zero-order chi connectivity index (χ0) is 15.0. The maximum atomic E-state index is 12.1. The van der Waals surface area contributed by atoms with Crippen molar-refractivity contribution in [3.8, 4) is 11.3 Å². The molecule has 1 amide bonds. The van der Waals surface area contributed by atoms with Crippen LogP contribution in [0.5, 0.6) is 0 Å². The number of fused-ring (bicyclic) bond motifs is 1. The van der Waals surface area contributed by atoms with E-state index < -0.39 is 0 Å². The van der Waals surface area contributed by atoms with Crippen LogP contribution >= 0.6 is 11.6 Å². The highest BCUT2D eigenvalue weighted by atomic mass is 35.5. The van der Waals surface area contributed by atoms with Crippen molar-refractivity contribution < 1.29 is 9.53 Å². The van der Waals surface area contributed by atoms with Crippen LogP contribution in [0.2, 0.25) is 5.28 Å². The number of nitrogens with zero attached hydrogens (tertiary/aromatic N) is 3. The summed E-state index contributed by atoms with van der Waals surface area (Å²) in [5.41, 5.74) is 3.13. The Kier molecular flexibility index (Phi) is 3.65. The Morgan fingerprint density at radius 2 is 2.38 bits per heavy atom. The van der Waals surface area contributed by atoms with Crippen LogP contribution in [-0.2, 0) is 11.3 Å². The molecule has 110 valence electrons. The summed E-state index contributed by atoms with van der Waals surface area (Å²) in [5, 5.41) is 3.12. The minimum atomic E-state index is -0.104. The van der Waals surface area contributed by atoms with Crippen LogP contribution in [0.25, 0.3) is 11.3 Å². The van der Waals surface area contributed by atoms with Gasteiger partial charge in [-0.25, -0.2) is 9.97 Å². The second kappa shape index (κ2) is 5.46. The number of carbonyl (C=O) groups excluding carboxylic acids is 1. The van der Waals surface area contributed by atoms with E-state index in [1.165, 1.54) is 0 Å². The monoisotopic (exact) mass is 306 g/mol. The fourth-order valence-electron chi connectivity index (χ4n) is 2.53. The summed E-state index contributed by atoms with van der Waals surface area (Å²) in [6.45, 7) is 3.07. The molecule has 0 saturated carbocycles. The average molecular weight is 307 g/mol. The van der Waals surface area contributed by atoms with Crippen molar-refractivity contribution in [3.05, 3.63) is 35.0 Å². The SMILES string of the molecule is COC[C@H]1Cn2cc(-c3nc(Cl)ncc3C)cc2C(=O)N1. The zero-order valence-corrected chi connectivity index (χ0v) is 12.5. The molecule has 2 aromatic rings. The van der Waals surface area contributed by atoms with Gasteiger partial charge < -0.3 is 14.6 Å². The summed E-state index contributed by atoms with van der Waals surface area (Å²) in [7, 11) is 1.62. The second-order valence-electron chi connectivity index (χ2n) is 5.06. The maximum absolute atomic E-state index is 12.1. The molecule has 0 aromatic carbocycles. The fourth-order valence-corrected chi connectivity index (χ4v) is 2.67. The molecule has 1 N–H and O–H groups in total. The topological polar surface area (TPSA) is 69.0 Å². The molecule has 0 fully saturated rings. The van der Waals surface area contributed by atoms with Crippen molar-refractivity contribution in [2.45, 2.75) is 19.5 Å². The van der Waals surface area contributed by atoms with Gasteiger partial charge >= 0.3 is 0 Å². The van der Waals surface area contributed by atoms with Gasteiger partial charge in [0.25, 0.3) is 5.91 Å². The third-order valence-electron chi connectivity index (χ3n) is 3.47. The molecule has 1 atom stereocenters. The van der Waals surface area contributed by atoms with Crippen molar-refractivity contribution in [2.24, 2.45) is 0 Å². The van der Waals surface area contributed by atoms with Gasteiger partial charge in [0.1, 0.15) is 5.69 Å². The van der Waals surface area contributed by atoms with Gasteiger partial charge in [0.15, 0.2) is 0 Å². The van der Waals surface area contributed by atoms with Crippen molar-refractivity contribution in [2.75, 3.05) is 13.7 Å². The van der Waals surface area contributed by atoms with Gasteiger partial charge in [-0.05, 0) is 30.2 Å². The quantitative estimate of drug-likeness (QED) is 0.876. The van der Waals surface area contributed by atoms with Crippen molar-refractivity contribution in [1.29, 1.82) is 0 Å². The minimum absolute atomic E-state index is 0.0228. The Bertz CT molecular complexity index is 698. The first-order chi connectivity index (χ1) is 10.1. The van der Waals surface area contributed by atoms with E-state index >= 15 is 0 Å². The summed E-state index contributed by atoms with van der Waals surface area (Å²) in [6.07, 6.45) is 3.59. The van der Waals surface area contributed by atoms with Gasteiger partial charge in [-0.2, -0.15) is 0 Å². The molecule has 0 radical (unpaired) electrons. The standard InChI is InChI=1S/C14H15ClN4O2/c1-8-4-16-14(15)18-12(8)9-3-11-13(20)17-10(7-21-2)6-19(11)5-9/h3-5,10H,6-7H2,1-2H3,(H,17,20)/t10-/m1/s1. The fraction of sp³-hybridized carbons (Fsp3) is 0.357. The molecule has 0 spiro atoms. The third-order valence-corrected chi connectivity index (χ3v) is 3.65. The first-order valence-electron chi connectivity index (χ1n) is 6.58. The van der Waals surface area contributed by atoms with Crippen molar-refractivity contribution in [1.82, 2.24) is 19.9 Å². The van der Waals surface area contributed by atoms with E-state index in [1.807, 2.05) is 23.8 Å². The maximum Gasteiger partial charge on any atom is 0.268 e. The van der Waals surface area contributed by atoms with E-state index in [4.69, 9.17) is 16.3 Å². The van der Waals surface area contributed by atoms with E-state index in [0.717, 1.165) is 16.8 Å². The van der Waals surface area contributed by atoms with Crippen LogP contribution < -0.4 is 5.32 Å². The average Bonchev–Trinajstić information content (AvgIpc) is 2.86. The number of aromatic nitrogens is 3. The zero-order valence-electron chi connectivity index (χ0n) is 11.8. The Morgan fingerprint density at radius 1 is 1.57 bits per heavy atom. The largest absolute Gasteiger partial charge is 0.382 e. The summed E-state index contributed by atoms with van der Waals surface area (Å²) in [6, 6.07) is 1.80. The molecule has 0 unspecified atom stereocenters. The van der Waals surface area contributed by atoms with Gasteiger partial charge in [0.05, 0.1) is 18.3 Å². The summed E-state index contributed by atoms with van der Waals surface area (Å²) in [5.74, 6) is -0.104. The molecule has 2 aromatic heterocycles. The van der Waals surface area contributed by atoms with Gasteiger partial charge in [-0.1, -0.05) is 0 Å². The lowest BCUT2D eigenvalue weighted by Gasteiger charge is -2.24. The number of hydrogen-bond acceptors (Lipinski definition) is 4. The van der Waals surface area contributed by atoms with Gasteiger partial charge in [0.2, 0.25) is 5.28 Å². The molecule has 1 aliphatic heterocycles. The number of amides is 1. The molecule has 0 bridgehead atoms. The van der Waals surface area contributed by atoms with E-state index in [0.29, 0.717) is 18.8 Å². The van der Waals surface area contributed by atoms with E-state index in [-0.39, 0.29) is 17.2 Å². The number of rotatable bonds is 3. The number of aryl methyl sites for hydroxylation is 1. The molecular formula is C14H15ClN4O2. The third kappa shape index (κ3) is 2.64. The molecule has 0 saturated heterocycles. The first kappa shape index (κ1) is 14.0. The lowest BCUT2D eigenvalue weighted by atomic mass is 10.1. The summed E-state index contributed by atoms with van der Waals surface area (Å²) in [4.78, 5) is 20.3. The van der Waals surface area contributed by atoms with E-state index in [1.54, 1.807) is 13.3 Å². The Hall–Kier alpha value is -1.92. The highest BCUT2D eigenvalue weighted by molar-refractivity contribution is 6.28. The van der Waals surface area contributed by atoms with Crippen LogP contribution in [0, 0.1) is 6.92 Å². The molecule has 7 heteroatoms. The number of ether oxygens (including phenoxy) is 1. The Labute approximate surface area is 127 Å². The van der Waals surface area contributed by atoms with Crippen LogP contribution in [0.15, 0.2) is 18.5 Å². The summed E-state index contributed by atoms with van der Waals surface area (Å²) < 4.78 is 7.03. The number of methoxy groups -OCH3 is 1. The molecule has 3 rings (SSSR count). The van der Waals surface area contributed by atoms with Crippen LogP contribution in [-0.4, -0.2) is 40.2 Å². The van der Waals surface area contributed by atoms with Gasteiger partial charge in [-0.3, -0.25) is 4.79 Å². The number of carbonyl (C=O) groups is 1. The van der Waals surface area contributed by atoms with Gasteiger partial charge in [-0.15, -0.1) is 0 Å². The van der Waals surface area contributed by atoms with E-state index in [9.17, 15) is 4.79 Å². The van der Waals surface area contributed by atoms with Crippen molar-refractivity contribution >= 4 is 17.5 Å². The molecule has 6 nitrogen and oxygen atoms in total. The smallest absolute Gasteiger partial charge is 0.268 e. The highest BCUT2D eigenvalue weighted by Crippen LogP contribution is 2.26. The predicted molar refractivity (Wildman–Crippen MR) is 78.3 cm³/mol. The van der Waals surface area contributed by atoms with Gasteiger partial charge in [0, 0.05) is 31.6 Å². The molecule has 0 aliphatic carbocycles. The number of nitrogens with one attached hydrogen (secondary N) is 1. The highest BCUT2D eigenvalue weighted by Gasteiger charge is 2.25. The van der Waals surface area contributed by atoms with Crippen LogP contribution in [0.4, 0.5) is 0 Å². The Balaban J connectivity index is 1.99. The molecular weight excluding hydrogens is 292 g/mol. The lowest BCUT2D eigenvalue weighted by molar-refractivity contribution is 0.0840. The number of halogens is 1. The summed E-state index contributed by atoms with van der Waals surface area (Å²) >= 11 is 5.86. The van der Waals surface area contributed by atoms with Crippen LogP contribution in [0.1, 0.15) is 16.1 Å². The minimum Gasteiger partial charge on any atom is -0.382 e. The predicted octanol–water partition coefficient (Wildman–Crippen LogP) is 1.67. The normalized spacial score (nSPS) is 17.5. The van der Waals surface area contributed by atoms with Crippen LogP contribution in [0.3, 0.4) is 0 Å². The molecule has 21 heavy (non-hydrogen) atoms. The van der Waals surface area contributed by atoms with E-state index in [2.05, 4.69) is 15.3 Å². The Morgan fingerprint density at radius 3 is 3.14 bits per heavy atom.